The Morgan fingerprint density at radius 2 is 2.11 bits per heavy atom. The minimum atomic E-state index is 0.513. The third kappa shape index (κ3) is 3.01. The number of hydrogen-bond donors (Lipinski definition) is 1. The number of nitrogens with two attached hydrogens (primary N) is 1. The normalized spacial score (nSPS) is 25.0. The van der Waals surface area contributed by atoms with E-state index in [0.717, 1.165) is 19.6 Å². The van der Waals surface area contributed by atoms with Gasteiger partial charge in [-0.25, -0.2) is 0 Å². The van der Waals surface area contributed by atoms with Gasteiger partial charge in [-0.3, -0.25) is 4.90 Å². The first kappa shape index (κ1) is 13.3. The van der Waals surface area contributed by atoms with Gasteiger partial charge in [0.1, 0.15) is 0 Å². The van der Waals surface area contributed by atoms with E-state index in [4.69, 9.17) is 5.73 Å². The van der Waals surface area contributed by atoms with Gasteiger partial charge in [0.25, 0.3) is 0 Å². The minimum Gasteiger partial charge on any atom is -0.329 e. The van der Waals surface area contributed by atoms with Crippen LogP contribution in [0.4, 0.5) is 0 Å². The molecule has 1 saturated heterocycles. The Labute approximate surface area is 110 Å². The first-order valence-corrected chi connectivity index (χ1v) is 6.89. The predicted octanol–water partition coefficient (Wildman–Crippen LogP) is 2.76. The highest BCUT2D eigenvalue weighted by Gasteiger charge is 2.27. The van der Waals surface area contributed by atoms with Crippen LogP contribution in [-0.4, -0.2) is 30.6 Å². The molecule has 2 atom stereocenters. The Bertz CT molecular complexity index is 385. The molecule has 2 heteroatoms. The molecular formula is C16H24N2. The number of likely N-dealkylation sites (tertiary alicyclic amines) is 1. The summed E-state index contributed by atoms with van der Waals surface area (Å²) in [6.07, 6.45) is 2.58. The number of nitrogens with zero attached hydrogens (tertiary/aromatic N) is 1. The quantitative estimate of drug-likeness (QED) is 0.882. The van der Waals surface area contributed by atoms with Crippen molar-refractivity contribution in [1.29, 1.82) is 0 Å². The van der Waals surface area contributed by atoms with Crippen molar-refractivity contribution in [2.75, 3.05) is 19.6 Å². The molecule has 1 heterocycles. The average molecular weight is 244 g/mol. The third-order valence-corrected chi connectivity index (χ3v) is 4.05. The summed E-state index contributed by atoms with van der Waals surface area (Å²) < 4.78 is 0. The fourth-order valence-corrected chi connectivity index (χ4v) is 2.92. The van der Waals surface area contributed by atoms with Gasteiger partial charge in [0, 0.05) is 19.1 Å². The highest BCUT2D eigenvalue weighted by atomic mass is 15.2. The van der Waals surface area contributed by atoms with Gasteiger partial charge in [0.2, 0.25) is 0 Å². The molecule has 0 spiro atoms. The van der Waals surface area contributed by atoms with Crippen LogP contribution in [0, 0.1) is 5.92 Å². The maximum absolute atomic E-state index is 5.93. The fraction of sp³-hybridized carbons (Fsp3) is 0.500. The largest absolute Gasteiger partial charge is 0.329 e. The maximum atomic E-state index is 5.93. The van der Waals surface area contributed by atoms with E-state index >= 15 is 0 Å². The molecule has 0 radical (unpaired) electrons. The molecule has 0 bridgehead atoms. The molecule has 1 aromatic carbocycles. The smallest absolute Gasteiger partial charge is 0.0247 e. The third-order valence-electron chi connectivity index (χ3n) is 4.05. The first-order valence-electron chi connectivity index (χ1n) is 6.89. The number of benzene rings is 1. The zero-order chi connectivity index (χ0) is 13.0. The van der Waals surface area contributed by atoms with Crippen molar-refractivity contribution in [2.45, 2.75) is 25.8 Å². The average Bonchev–Trinajstić information content (AvgIpc) is 2.40. The second kappa shape index (κ2) is 6.17. The molecule has 2 rings (SSSR count). The van der Waals surface area contributed by atoms with Crippen molar-refractivity contribution in [2.24, 2.45) is 11.7 Å². The Morgan fingerprint density at radius 3 is 2.78 bits per heavy atom. The minimum absolute atomic E-state index is 0.513. The van der Waals surface area contributed by atoms with Crippen LogP contribution in [0.25, 0.3) is 5.57 Å². The number of piperidine rings is 1. The van der Waals surface area contributed by atoms with Crippen LogP contribution in [0.15, 0.2) is 36.9 Å². The van der Waals surface area contributed by atoms with Crippen LogP contribution in [-0.2, 0) is 0 Å². The van der Waals surface area contributed by atoms with Crippen LogP contribution in [0.5, 0.6) is 0 Å². The summed E-state index contributed by atoms with van der Waals surface area (Å²) in [4.78, 5) is 2.50. The van der Waals surface area contributed by atoms with E-state index in [1.54, 1.807) is 0 Å². The molecule has 0 saturated carbocycles. The number of rotatable bonds is 4. The SMILES string of the molecule is C=C(CN1CCCC(C)C1CN)c1ccccc1. The summed E-state index contributed by atoms with van der Waals surface area (Å²) in [7, 11) is 0. The van der Waals surface area contributed by atoms with E-state index in [9.17, 15) is 0 Å². The van der Waals surface area contributed by atoms with Crippen LogP contribution in [0.1, 0.15) is 25.3 Å². The molecule has 0 aromatic heterocycles. The van der Waals surface area contributed by atoms with Gasteiger partial charge in [-0.1, -0.05) is 43.8 Å². The van der Waals surface area contributed by atoms with E-state index in [1.165, 1.54) is 24.0 Å². The molecule has 1 aliphatic rings. The second-order valence-electron chi connectivity index (χ2n) is 5.36. The maximum Gasteiger partial charge on any atom is 0.0247 e. The van der Waals surface area contributed by atoms with Crippen molar-refractivity contribution in [3.63, 3.8) is 0 Å². The second-order valence-corrected chi connectivity index (χ2v) is 5.36. The topological polar surface area (TPSA) is 29.3 Å². The molecule has 2 nitrogen and oxygen atoms in total. The molecule has 0 aliphatic carbocycles. The molecule has 1 fully saturated rings. The van der Waals surface area contributed by atoms with E-state index in [2.05, 4.69) is 42.7 Å². The molecule has 1 aromatic rings. The summed E-state index contributed by atoms with van der Waals surface area (Å²) in [5.74, 6) is 0.701. The molecule has 18 heavy (non-hydrogen) atoms. The van der Waals surface area contributed by atoms with Crippen LogP contribution in [0.3, 0.4) is 0 Å². The summed E-state index contributed by atoms with van der Waals surface area (Å²) in [6.45, 7) is 9.39. The molecule has 2 N–H and O–H groups in total. The summed E-state index contributed by atoms with van der Waals surface area (Å²) in [6, 6.07) is 11.0. The Morgan fingerprint density at radius 1 is 1.39 bits per heavy atom. The van der Waals surface area contributed by atoms with E-state index in [0.29, 0.717) is 12.0 Å². The summed E-state index contributed by atoms with van der Waals surface area (Å²) >= 11 is 0. The van der Waals surface area contributed by atoms with E-state index in [-0.39, 0.29) is 0 Å². The number of hydrogen-bond acceptors (Lipinski definition) is 2. The van der Waals surface area contributed by atoms with Crippen LogP contribution >= 0.6 is 0 Å². The van der Waals surface area contributed by atoms with Crippen molar-refractivity contribution in [3.8, 4) is 0 Å². The van der Waals surface area contributed by atoms with Gasteiger partial charge in [0.05, 0.1) is 0 Å². The lowest BCUT2D eigenvalue weighted by atomic mass is 9.90. The Balaban J connectivity index is 2.02. The van der Waals surface area contributed by atoms with E-state index < -0.39 is 0 Å². The Hall–Kier alpha value is -1.12. The summed E-state index contributed by atoms with van der Waals surface area (Å²) in [5, 5.41) is 0. The monoisotopic (exact) mass is 244 g/mol. The van der Waals surface area contributed by atoms with Gasteiger partial charge in [0.15, 0.2) is 0 Å². The van der Waals surface area contributed by atoms with Crippen LogP contribution in [0.2, 0.25) is 0 Å². The first-order chi connectivity index (χ1) is 8.72. The zero-order valence-electron chi connectivity index (χ0n) is 11.3. The van der Waals surface area contributed by atoms with Gasteiger partial charge in [-0.05, 0) is 36.4 Å². The van der Waals surface area contributed by atoms with Crippen molar-refractivity contribution < 1.29 is 0 Å². The highest BCUT2D eigenvalue weighted by molar-refractivity contribution is 5.64. The molecule has 1 aliphatic heterocycles. The molecule has 0 amide bonds. The predicted molar refractivity (Wildman–Crippen MR) is 78.3 cm³/mol. The molecular weight excluding hydrogens is 220 g/mol. The van der Waals surface area contributed by atoms with Gasteiger partial charge in [-0.15, -0.1) is 0 Å². The summed E-state index contributed by atoms with van der Waals surface area (Å²) in [5.41, 5.74) is 8.37. The molecule has 2 unspecified atom stereocenters. The fourth-order valence-electron chi connectivity index (χ4n) is 2.92. The van der Waals surface area contributed by atoms with Crippen molar-refractivity contribution in [3.05, 3.63) is 42.5 Å². The molecule has 98 valence electrons. The van der Waals surface area contributed by atoms with Gasteiger partial charge < -0.3 is 5.73 Å². The van der Waals surface area contributed by atoms with Gasteiger partial charge in [-0.2, -0.15) is 0 Å². The van der Waals surface area contributed by atoms with Crippen LogP contribution < -0.4 is 5.73 Å². The lowest BCUT2D eigenvalue weighted by molar-refractivity contribution is 0.122. The van der Waals surface area contributed by atoms with Gasteiger partial charge >= 0.3 is 0 Å². The van der Waals surface area contributed by atoms with Crippen molar-refractivity contribution >= 4 is 5.57 Å². The standard InChI is InChI=1S/C16H24N2/c1-13-7-6-10-18(16(13)11-17)12-14(2)15-8-4-3-5-9-15/h3-5,8-9,13,16H,2,6-7,10-12,17H2,1H3. The Kier molecular flexibility index (Phi) is 4.56. The lowest BCUT2D eigenvalue weighted by Crippen LogP contribution is -2.48. The van der Waals surface area contributed by atoms with Crippen molar-refractivity contribution in [1.82, 2.24) is 4.90 Å². The zero-order valence-corrected chi connectivity index (χ0v) is 11.3. The highest BCUT2D eigenvalue weighted by Crippen LogP contribution is 2.25. The lowest BCUT2D eigenvalue weighted by Gasteiger charge is -2.39. The van der Waals surface area contributed by atoms with E-state index in [1.807, 2.05) is 6.07 Å².